The Morgan fingerprint density at radius 1 is 1.27 bits per heavy atom. The molecule has 0 saturated carbocycles. The van der Waals surface area contributed by atoms with Gasteiger partial charge >= 0.3 is 6.18 Å². The predicted molar refractivity (Wildman–Crippen MR) is 109 cm³/mol. The van der Waals surface area contributed by atoms with Gasteiger partial charge in [0.05, 0.1) is 5.69 Å². The summed E-state index contributed by atoms with van der Waals surface area (Å²) in [5.74, 6) is 0.869. The van der Waals surface area contributed by atoms with Crippen LogP contribution in [0.1, 0.15) is 70.5 Å². The molecule has 5 nitrogen and oxygen atoms in total. The summed E-state index contributed by atoms with van der Waals surface area (Å²) in [4.78, 5) is 14.5. The Morgan fingerprint density at radius 2 is 2.03 bits per heavy atom. The molecule has 0 spiro atoms. The van der Waals surface area contributed by atoms with E-state index in [0.717, 1.165) is 23.9 Å². The van der Waals surface area contributed by atoms with Crippen LogP contribution in [-0.2, 0) is 4.79 Å². The van der Waals surface area contributed by atoms with Crippen LogP contribution < -0.4 is 5.32 Å². The number of hydrogen-bond donors (Lipinski definition) is 1. The van der Waals surface area contributed by atoms with Crippen LogP contribution in [0.3, 0.4) is 0 Å². The zero-order valence-electron chi connectivity index (χ0n) is 17.9. The van der Waals surface area contributed by atoms with Crippen molar-refractivity contribution in [3.8, 4) is 0 Å². The number of allylic oxidation sites excluding steroid dienone is 2. The third-order valence-electron chi connectivity index (χ3n) is 6.76. The minimum atomic E-state index is -4.35. The van der Waals surface area contributed by atoms with Gasteiger partial charge in [0, 0.05) is 37.5 Å². The van der Waals surface area contributed by atoms with Gasteiger partial charge in [-0.3, -0.25) is 4.79 Å². The molecule has 1 fully saturated rings. The average molecular weight is 425 g/mol. The lowest BCUT2D eigenvalue weighted by Gasteiger charge is -2.39. The molecule has 1 saturated heterocycles. The van der Waals surface area contributed by atoms with Gasteiger partial charge in [-0.05, 0) is 37.0 Å². The maximum Gasteiger partial charge on any atom is 0.410 e. The van der Waals surface area contributed by atoms with Crippen LogP contribution in [-0.4, -0.2) is 45.9 Å². The van der Waals surface area contributed by atoms with Gasteiger partial charge in [-0.15, -0.1) is 0 Å². The van der Waals surface area contributed by atoms with E-state index in [1.54, 1.807) is 6.07 Å². The van der Waals surface area contributed by atoms with E-state index in [9.17, 15) is 18.0 Å². The Hall–Kier alpha value is -1.99. The molecule has 30 heavy (non-hydrogen) atoms. The topological polar surface area (TPSA) is 50.2 Å². The molecule has 166 valence electrons. The van der Waals surface area contributed by atoms with Crippen LogP contribution in [0.5, 0.6) is 0 Å². The Balaban J connectivity index is 1.49. The van der Waals surface area contributed by atoms with E-state index < -0.39 is 12.2 Å². The summed E-state index contributed by atoms with van der Waals surface area (Å²) in [6.45, 7) is 7.02. The largest absolute Gasteiger partial charge is 0.410 e. The molecule has 1 aromatic heterocycles. The molecular formula is C22H31F3N4O. The van der Waals surface area contributed by atoms with Crippen LogP contribution in [0.15, 0.2) is 18.2 Å². The molecule has 0 aromatic carbocycles. The van der Waals surface area contributed by atoms with E-state index in [-0.39, 0.29) is 29.7 Å². The van der Waals surface area contributed by atoms with E-state index in [2.05, 4.69) is 22.6 Å². The van der Waals surface area contributed by atoms with Crippen molar-refractivity contribution in [1.29, 1.82) is 0 Å². The first-order valence-electron chi connectivity index (χ1n) is 10.9. The lowest BCUT2D eigenvalue weighted by molar-refractivity contribution is -0.175. The average Bonchev–Trinajstić information content (AvgIpc) is 3.38. The van der Waals surface area contributed by atoms with Crippen LogP contribution in [0.2, 0.25) is 0 Å². The predicted octanol–water partition coefficient (Wildman–Crippen LogP) is 4.89. The molecule has 1 N–H and O–H groups in total. The number of carbonyl (C=O) groups is 1. The first-order chi connectivity index (χ1) is 14.0. The zero-order chi connectivity index (χ0) is 21.7. The number of anilines is 1. The van der Waals surface area contributed by atoms with Crippen LogP contribution in [0.4, 0.5) is 19.0 Å². The second kappa shape index (κ2) is 7.61. The maximum atomic E-state index is 13.8. The molecule has 1 amide bonds. The van der Waals surface area contributed by atoms with E-state index in [1.807, 2.05) is 25.7 Å². The third kappa shape index (κ3) is 4.23. The van der Waals surface area contributed by atoms with E-state index >= 15 is 0 Å². The minimum absolute atomic E-state index is 0.0186. The number of halogens is 3. The number of carbonyl (C=O) groups excluding carboxylic acids is 1. The van der Waals surface area contributed by atoms with Crippen molar-refractivity contribution in [1.82, 2.24) is 14.7 Å². The second-order valence-electron chi connectivity index (χ2n) is 10.1. The maximum absolute atomic E-state index is 13.8. The summed E-state index contributed by atoms with van der Waals surface area (Å²) in [5, 5.41) is 7.66. The molecular weight excluding hydrogens is 393 g/mol. The minimum Gasteiger partial charge on any atom is -0.367 e. The highest BCUT2D eigenvalue weighted by Crippen LogP contribution is 2.44. The summed E-state index contributed by atoms with van der Waals surface area (Å²) < 4.78 is 42.5. The van der Waals surface area contributed by atoms with Crippen molar-refractivity contribution in [2.45, 2.75) is 77.1 Å². The van der Waals surface area contributed by atoms with Gasteiger partial charge in [0.1, 0.15) is 5.82 Å². The summed E-state index contributed by atoms with van der Waals surface area (Å²) in [7, 11) is 0. The highest BCUT2D eigenvalue weighted by molar-refractivity contribution is 5.77. The summed E-state index contributed by atoms with van der Waals surface area (Å²) in [6.07, 6.45) is 3.16. The van der Waals surface area contributed by atoms with Crippen molar-refractivity contribution in [2.75, 3.05) is 18.4 Å². The number of likely N-dealkylation sites (tertiary alicyclic amines) is 1. The molecule has 4 unspecified atom stereocenters. The van der Waals surface area contributed by atoms with Crippen molar-refractivity contribution in [2.24, 2.45) is 11.3 Å². The monoisotopic (exact) mass is 424 g/mol. The van der Waals surface area contributed by atoms with Crippen molar-refractivity contribution < 1.29 is 18.0 Å². The van der Waals surface area contributed by atoms with Gasteiger partial charge in [0.2, 0.25) is 5.91 Å². The Labute approximate surface area is 175 Å². The highest BCUT2D eigenvalue weighted by Gasteiger charge is 2.48. The lowest BCUT2D eigenvalue weighted by Crippen LogP contribution is -2.44. The third-order valence-corrected chi connectivity index (χ3v) is 6.76. The fourth-order valence-corrected chi connectivity index (χ4v) is 4.81. The molecule has 4 rings (SSSR count). The van der Waals surface area contributed by atoms with E-state index in [4.69, 9.17) is 0 Å². The quantitative estimate of drug-likeness (QED) is 0.703. The Kier molecular flexibility index (Phi) is 5.39. The number of aromatic nitrogens is 2. The summed E-state index contributed by atoms with van der Waals surface area (Å²) in [6, 6.07) is -0.156. The Bertz CT molecular complexity index is 823. The molecule has 1 aliphatic carbocycles. The smallest absolute Gasteiger partial charge is 0.367 e. The van der Waals surface area contributed by atoms with Crippen molar-refractivity contribution >= 4 is 11.7 Å². The summed E-state index contributed by atoms with van der Waals surface area (Å²) >= 11 is 0. The van der Waals surface area contributed by atoms with E-state index in [1.165, 1.54) is 0 Å². The summed E-state index contributed by atoms with van der Waals surface area (Å²) in [5.41, 5.74) is 0.349. The van der Waals surface area contributed by atoms with Gasteiger partial charge in [0.25, 0.3) is 0 Å². The van der Waals surface area contributed by atoms with E-state index in [0.29, 0.717) is 36.9 Å². The van der Waals surface area contributed by atoms with Crippen LogP contribution >= 0.6 is 0 Å². The van der Waals surface area contributed by atoms with Crippen molar-refractivity contribution in [3.05, 3.63) is 23.9 Å². The van der Waals surface area contributed by atoms with Gasteiger partial charge in [-0.2, -0.15) is 18.3 Å². The highest BCUT2D eigenvalue weighted by atomic mass is 19.4. The van der Waals surface area contributed by atoms with Crippen LogP contribution in [0, 0.1) is 11.3 Å². The fraction of sp³-hybridized carbons (Fsp3) is 0.727. The van der Waals surface area contributed by atoms with Gasteiger partial charge in [-0.25, -0.2) is 4.68 Å². The van der Waals surface area contributed by atoms with Crippen LogP contribution in [0.25, 0.3) is 0 Å². The number of nitrogens with one attached hydrogen (secondary N) is 1. The lowest BCUT2D eigenvalue weighted by atomic mass is 9.82. The molecule has 3 aliphatic rings. The first-order valence-corrected chi connectivity index (χ1v) is 10.9. The molecule has 3 heterocycles. The molecule has 0 radical (unpaired) electrons. The Morgan fingerprint density at radius 3 is 2.67 bits per heavy atom. The second-order valence-corrected chi connectivity index (χ2v) is 10.1. The zero-order valence-corrected chi connectivity index (χ0v) is 17.9. The number of nitrogens with zero attached hydrogens (tertiary/aromatic N) is 3. The van der Waals surface area contributed by atoms with Gasteiger partial charge < -0.3 is 10.2 Å². The molecule has 0 bridgehead atoms. The number of alkyl halides is 3. The number of hydrogen-bond acceptors (Lipinski definition) is 3. The fourth-order valence-electron chi connectivity index (χ4n) is 4.81. The molecule has 2 aliphatic heterocycles. The SMILES string of the molecule is CC(C)(C)C1CC(C(F)(F)F)n2nc(C3CCN(C(=O)CC4C=CCC4)C3)cc2N1. The standard InChI is InChI=1S/C22H31F3N4O/c1-21(2,3)17-12-18(22(23,24)25)29-19(26-17)11-16(27-29)15-8-9-28(13-15)20(30)10-14-6-4-5-7-14/h4,6,11,14-15,17-18,26H,5,7-10,12-13H2,1-3H3. The van der Waals surface area contributed by atoms with Gasteiger partial charge in [0.15, 0.2) is 6.04 Å². The normalized spacial score (nSPS) is 29.2. The van der Waals surface area contributed by atoms with Gasteiger partial charge in [-0.1, -0.05) is 32.9 Å². The molecule has 1 aromatic rings. The molecule has 4 atom stereocenters. The number of amides is 1. The first kappa shape index (κ1) is 21.2. The molecule has 8 heteroatoms. The number of rotatable bonds is 3. The van der Waals surface area contributed by atoms with Crippen molar-refractivity contribution in [3.63, 3.8) is 0 Å². The number of fused-ring (bicyclic) bond motifs is 1.